The van der Waals surface area contributed by atoms with Gasteiger partial charge < -0.3 is 10.1 Å². The average molecular weight is 362 g/mol. The third-order valence-electron chi connectivity index (χ3n) is 3.60. The van der Waals surface area contributed by atoms with Crippen LogP contribution in [0.4, 0.5) is 10.3 Å². The highest BCUT2D eigenvalue weighted by atomic mass is 35.5. The van der Waals surface area contributed by atoms with E-state index >= 15 is 0 Å². The van der Waals surface area contributed by atoms with Crippen LogP contribution in [0.1, 0.15) is 13.8 Å². The summed E-state index contributed by atoms with van der Waals surface area (Å²) in [5, 5.41) is 3.96. The Morgan fingerprint density at radius 3 is 2.56 bits per heavy atom. The number of benzene rings is 1. The lowest BCUT2D eigenvalue weighted by molar-refractivity contribution is -0.00424. The number of nitrogens with zero attached hydrogens (tertiary/aromatic N) is 2. The molecule has 25 heavy (non-hydrogen) atoms. The van der Waals surface area contributed by atoms with E-state index in [-0.39, 0.29) is 16.8 Å². The Bertz CT molecular complexity index is 918. The van der Waals surface area contributed by atoms with Crippen LogP contribution in [0.2, 0.25) is 5.02 Å². The van der Waals surface area contributed by atoms with Gasteiger partial charge in [0.2, 0.25) is 0 Å². The molecule has 0 aliphatic rings. The summed E-state index contributed by atoms with van der Waals surface area (Å²) < 4.78 is 18.3. The van der Waals surface area contributed by atoms with Crippen LogP contribution in [0.3, 0.4) is 0 Å². The van der Waals surface area contributed by atoms with Crippen molar-refractivity contribution in [2.75, 3.05) is 12.4 Å². The number of aromatic nitrogens is 2. The first-order valence-corrected chi connectivity index (χ1v) is 8.11. The molecule has 0 aliphatic carbocycles. The molecule has 0 radical (unpaired) electrons. The van der Waals surface area contributed by atoms with E-state index in [1.807, 2.05) is 26.0 Å². The van der Waals surface area contributed by atoms with Crippen molar-refractivity contribution < 1.29 is 14.2 Å². The molecule has 1 aromatic carbocycles. The molecule has 0 atom stereocenters. The molecule has 2 aromatic heterocycles. The summed E-state index contributed by atoms with van der Waals surface area (Å²) in [6, 6.07) is 10.5. The number of hydrogen-bond donors (Lipinski definition) is 1. The van der Waals surface area contributed by atoms with Gasteiger partial charge in [0, 0.05) is 22.0 Å². The number of nitrogens with one attached hydrogen (secondary N) is 1. The predicted octanol–water partition coefficient (Wildman–Crippen LogP) is 5.04. The number of rotatable bonds is 5. The molecule has 0 fully saturated rings. The van der Waals surface area contributed by atoms with E-state index in [9.17, 15) is 4.53 Å². The van der Waals surface area contributed by atoms with E-state index in [2.05, 4.69) is 20.2 Å². The van der Waals surface area contributed by atoms with Gasteiger partial charge >= 0.3 is 0 Å². The summed E-state index contributed by atoms with van der Waals surface area (Å²) >= 11 is 6.33. The molecule has 3 rings (SSSR count). The summed E-state index contributed by atoms with van der Waals surface area (Å²) in [4.78, 5) is 13.1. The average Bonchev–Trinajstić information content (AvgIpc) is 2.61. The topological polar surface area (TPSA) is 56.3 Å². The summed E-state index contributed by atoms with van der Waals surface area (Å²) in [7, 11) is 1.51. The van der Waals surface area contributed by atoms with Gasteiger partial charge in [-0.05, 0) is 38.1 Å². The van der Waals surface area contributed by atoms with Crippen molar-refractivity contribution in [3.05, 3.63) is 41.4 Å². The van der Waals surface area contributed by atoms with Crippen molar-refractivity contribution in [1.29, 1.82) is 0 Å². The number of halogens is 2. The monoisotopic (exact) mass is 361 g/mol. The highest BCUT2D eigenvalue weighted by Crippen LogP contribution is 2.38. The number of ether oxygens (including phenoxy) is 1. The Labute approximate surface area is 149 Å². The zero-order chi connectivity index (χ0) is 18.0. The van der Waals surface area contributed by atoms with Crippen LogP contribution in [-0.4, -0.2) is 23.1 Å². The third-order valence-corrected chi connectivity index (χ3v) is 3.96. The van der Waals surface area contributed by atoms with Crippen molar-refractivity contribution in [3.63, 3.8) is 0 Å². The predicted molar refractivity (Wildman–Crippen MR) is 97.0 cm³/mol. The van der Waals surface area contributed by atoms with Crippen molar-refractivity contribution in [2.45, 2.75) is 19.9 Å². The summed E-state index contributed by atoms with van der Waals surface area (Å²) in [6.45, 7) is 4.04. The van der Waals surface area contributed by atoms with Crippen LogP contribution >= 0.6 is 11.6 Å². The molecule has 0 amide bonds. The first-order valence-electron chi connectivity index (χ1n) is 7.73. The molecular formula is C18H17ClFN3O2. The van der Waals surface area contributed by atoms with Gasteiger partial charge in [0.1, 0.15) is 16.6 Å². The Morgan fingerprint density at radius 1 is 1.08 bits per heavy atom. The molecule has 0 bridgehead atoms. The normalized spacial score (nSPS) is 11.0. The number of hydrogen-bond acceptors (Lipinski definition) is 5. The molecule has 130 valence electrons. The SMILES string of the molecule is COc1ccc2c(OF)cc(-c3cccc(NC(C)C)n3)nc2c1Cl. The Balaban J connectivity index is 2.18. The second kappa shape index (κ2) is 7.11. The van der Waals surface area contributed by atoms with Crippen molar-refractivity contribution in [1.82, 2.24) is 9.97 Å². The maximum absolute atomic E-state index is 13.1. The minimum atomic E-state index is 0.0218. The number of methoxy groups -OCH3 is 1. The van der Waals surface area contributed by atoms with Crippen LogP contribution in [-0.2, 0) is 0 Å². The lowest BCUT2D eigenvalue weighted by atomic mass is 10.1. The lowest BCUT2D eigenvalue weighted by Crippen LogP contribution is -2.11. The summed E-state index contributed by atoms with van der Waals surface area (Å²) in [5.41, 5.74) is 1.41. The van der Waals surface area contributed by atoms with Gasteiger partial charge in [0.15, 0.2) is 5.75 Å². The van der Waals surface area contributed by atoms with Crippen molar-refractivity contribution >= 4 is 28.3 Å². The summed E-state index contributed by atoms with van der Waals surface area (Å²) in [6.07, 6.45) is 0. The van der Waals surface area contributed by atoms with Crippen LogP contribution in [0.5, 0.6) is 11.5 Å². The van der Waals surface area contributed by atoms with Gasteiger partial charge in [0.25, 0.3) is 0 Å². The number of fused-ring (bicyclic) bond motifs is 1. The highest BCUT2D eigenvalue weighted by Gasteiger charge is 2.16. The largest absolute Gasteiger partial charge is 0.495 e. The first kappa shape index (κ1) is 17.2. The quantitative estimate of drug-likeness (QED) is 0.689. The zero-order valence-corrected chi connectivity index (χ0v) is 14.8. The second-order valence-corrected chi connectivity index (χ2v) is 6.15. The maximum Gasteiger partial charge on any atom is 0.183 e. The fourth-order valence-corrected chi connectivity index (χ4v) is 2.80. The van der Waals surface area contributed by atoms with Crippen LogP contribution < -0.4 is 15.0 Å². The van der Waals surface area contributed by atoms with E-state index in [1.165, 1.54) is 13.2 Å². The first-order chi connectivity index (χ1) is 12.0. The van der Waals surface area contributed by atoms with Gasteiger partial charge in [-0.3, -0.25) is 4.94 Å². The van der Waals surface area contributed by atoms with Crippen molar-refractivity contribution in [3.8, 4) is 22.9 Å². The Hall–Kier alpha value is -2.60. The molecule has 0 spiro atoms. The van der Waals surface area contributed by atoms with Gasteiger partial charge in [-0.25, -0.2) is 9.97 Å². The van der Waals surface area contributed by atoms with E-state index < -0.39 is 0 Å². The third kappa shape index (κ3) is 3.44. The van der Waals surface area contributed by atoms with Crippen LogP contribution in [0.15, 0.2) is 36.4 Å². The number of pyridine rings is 2. The minimum absolute atomic E-state index is 0.0218. The van der Waals surface area contributed by atoms with Crippen LogP contribution in [0.25, 0.3) is 22.3 Å². The second-order valence-electron chi connectivity index (χ2n) is 5.77. The molecular weight excluding hydrogens is 345 g/mol. The Kier molecular flexibility index (Phi) is 4.90. The van der Waals surface area contributed by atoms with Gasteiger partial charge in [-0.1, -0.05) is 17.7 Å². The lowest BCUT2D eigenvalue weighted by Gasteiger charge is -2.12. The van der Waals surface area contributed by atoms with E-state index in [0.717, 1.165) is 0 Å². The molecule has 0 unspecified atom stereocenters. The maximum atomic E-state index is 13.1. The van der Waals surface area contributed by atoms with Crippen molar-refractivity contribution in [2.24, 2.45) is 0 Å². The molecule has 5 nitrogen and oxygen atoms in total. The molecule has 1 N–H and O–H groups in total. The Morgan fingerprint density at radius 2 is 1.88 bits per heavy atom. The fraction of sp³-hybridized carbons (Fsp3) is 0.222. The highest BCUT2D eigenvalue weighted by molar-refractivity contribution is 6.36. The fourth-order valence-electron chi connectivity index (χ4n) is 2.52. The van der Waals surface area contributed by atoms with E-state index in [1.54, 1.807) is 18.2 Å². The van der Waals surface area contributed by atoms with Gasteiger partial charge in [-0.2, -0.15) is 0 Å². The number of anilines is 1. The molecule has 0 saturated heterocycles. The molecule has 2 heterocycles. The van der Waals surface area contributed by atoms with Gasteiger partial charge in [0.05, 0.1) is 24.0 Å². The van der Waals surface area contributed by atoms with Gasteiger partial charge in [-0.15, -0.1) is 0 Å². The molecule has 0 aliphatic heterocycles. The summed E-state index contributed by atoms with van der Waals surface area (Å²) in [5.74, 6) is 1.18. The molecule has 0 saturated carbocycles. The molecule has 3 aromatic rings. The smallest absolute Gasteiger partial charge is 0.183 e. The standard InChI is InChI=1S/C18H17ClFN3O2/c1-10(2)21-16-6-4-5-12(22-16)13-9-15(25-20)11-7-8-14(24-3)17(19)18(11)23-13/h4-10H,1-3H3,(H,21,22). The zero-order valence-electron chi connectivity index (χ0n) is 14.0. The van der Waals surface area contributed by atoms with Crippen LogP contribution in [0, 0.1) is 0 Å². The van der Waals surface area contributed by atoms with E-state index in [0.29, 0.717) is 33.9 Å². The van der Waals surface area contributed by atoms with E-state index in [4.69, 9.17) is 16.3 Å². The minimum Gasteiger partial charge on any atom is -0.495 e. The molecule has 7 heteroatoms.